The third-order valence-corrected chi connectivity index (χ3v) is 4.43. The number of amides is 2. The Kier molecular flexibility index (Phi) is 6.78. The standard InChI is InChI=1S/C17H22N2O2.C2H6/c20-16-14-8-2-3-9-15(14)17(21)19(16)13-7-6-12-18-10-4-1-5-11-18;1-2/h2-3,8-9H,1,4-7,10-13H2;1-2H3. The molecule has 0 spiro atoms. The molecule has 1 aromatic carbocycles. The Bertz CT molecular complexity index is 501. The summed E-state index contributed by atoms with van der Waals surface area (Å²) in [7, 11) is 0. The van der Waals surface area contributed by atoms with Gasteiger partial charge in [0.15, 0.2) is 0 Å². The van der Waals surface area contributed by atoms with E-state index >= 15 is 0 Å². The maximum Gasteiger partial charge on any atom is 0.261 e. The Morgan fingerprint density at radius 2 is 1.35 bits per heavy atom. The lowest BCUT2D eigenvalue weighted by Gasteiger charge is -2.26. The number of piperidine rings is 1. The van der Waals surface area contributed by atoms with E-state index in [9.17, 15) is 9.59 Å². The van der Waals surface area contributed by atoms with Crippen molar-refractivity contribution in [3.63, 3.8) is 0 Å². The molecule has 0 saturated carbocycles. The molecule has 3 rings (SSSR count). The average Bonchev–Trinajstić information content (AvgIpc) is 2.86. The van der Waals surface area contributed by atoms with Gasteiger partial charge in [0.1, 0.15) is 0 Å². The van der Waals surface area contributed by atoms with Crippen molar-refractivity contribution in [1.29, 1.82) is 0 Å². The van der Waals surface area contributed by atoms with Gasteiger partial charge in [0.25, 0.3) is 11.8 Å². The minimum Gasteiger partial charge on any atom is -0.303 e. The fourth-order valence-corrected chi connectivity index (χ4v) is 3.23. The van der Waals surface area contributed by atoms with Crippen molar-refractivity contribution < 1.29 is 9.59 Å². The normalized spacial score (nSPS) is 17.7. The largest absolute Gasteiger partial charge is 0.303 e. The van der Waals surface area contributed by atoms with Crippen LogP contribution < -0.4 is 0 Å². The van der Waals surface area contributed by atoms with E-state index in [1.165, 1.54) is 37.3 Å². The molecule has 0 aromatic heterocycles. The Morgan fingerprint density at radius 3 is 1.91 bits per heavy atom. The topological polar surface area (TPSA) is 40.6 Å². The van der Waals surface area contributed by atoms with Crippen LogP contribution in [0.5, 0.6) is 0 Å². The molecule has 23 heavy (non-hydrogen) atoms. The molecule has 1 saturated heterocycles. The molecule has 2 aliphatic rings. The van der Waals surface area contributed by atoms with Gasteiger partial charge in [0.05, 0.1) is 11.1 Å². The number of nitrogens with zero attached hydrogens (tertiary/aromatic N) is 2. The van der Waals surface area contributed by atoms with Crippen LogP contribution in [0, 0.1) is 0 Å². The Labute approximate surface area is 139 Å². The molecule has 4 nitrogen and oxygen atoms in total. The van der Waals surface area contributed by atoms with Crippen LogP contribution in [0.3, 0.4) is 0 Å². The van der Waals surface area contributed by atoms with Crippen molar-refractivity contribution in [2.45, 2.75) is 46.0 Å². The predicted octanol–water partition coefficient (Wildman–Crippen LogP) is 3.57. The average molecular weight is 316 g/mol. The fraction of sp³-hybridized carbons (Fsp3) is 0.579. The van der Waals surface area contributed by atoms with E-state index in [1.54, 1.807) is 12.1 Å². The van der Waals surface area contributed by atoms with Gasteiger partial charge < -0.3 is 4.90 Å². The lowest BCUT2D eigenvalue weighted by atomic mass is 10.1. The summed E-state index contributed by atoms with van der Waals surface area (Å²) < 4.78 is 0. The van der Waals surface area contributed by atoms with Gasteiger partial charge in [-0.25, -0.2) is 0 Å². The molecule has 2 heterocycles. The Morgan fingerprint density at radius 1 is 0.826 bits per heavy atom. The lowest BCUT2D eigenvalue weighted by Crippen LogP contribution is -2.33. The first-order valence-electron chi connectivity index (χ1n) is 8.95. The molecule has 4 heteroatoms. The fourth-order valence-electron chi connectivity index (χ4n) is 3.23. The van der Waals surface area contributed by atoms with Gasteiger partial charge in [0, 0.05) is 6.54 Å². The maximum absolute atomic E-state index is 12.2. The molecular formula is C19H28N2O2. The second-order valence-electron chi connectivity index (χ2n) is 5.92. The summed E-state index contributed by atoms with van der Waals surface area (Å²) >= 11 is 0. The minimum atomic E-state index is -0.131. The van der Waals surface area contributed by atoms with Crippen LogP contribution in [0.2, 0.25) is 0 Å². The van der Waals surface area contributed by atoms with E-state index in [1.807, 2.05) is 26.0 Å². The second kappa shape index (κ2) is 8.82. The highest BCUT2D eigenvalue weighted by Gasteiger charge is 2.34. The molecule has 0 N–H and O–H groups in total. The molecule has 1 fully saturated rings. The van der Waals surface area contributed by atoms with Gasteiger partial charge in [-0.15, -0.1) is 0 Å². The predicted molar refractivity (Wildman–Crippen MR) is 92.7 cm³/mol. The SMILES string of the molecule is CC.O=C1c2ccccc2C(=O)N1CCCCN1CCCCC1. The Balaban J connectivity index is 0.000000924. The molecular weight excluding hydrogens is 288 g/mol. The molecule has 0 bridgehead atoms. The summed E-state index contributed by atoms with van der Waals surface area (Å²) in [6, 6.07) is 7.10. The summed E-state index contributed by atoms with van der Waals surface area (Å²) in [5.74, 6) is -0.262. The van der Waals surface area contributed by atoms with Crippen LogP contribution in [0.25, 0.3) is 0 Å². The lowest BCUT2D eigenvalue weighted by molar-refractivity contribution is 0.0650. The van der Waals surface area contributed by atoms with Crippen molar-refractivity contribution in [3.05, 3.63) is 35.4 Å². The summed E-state index contributed by atoms with van der Waals surface area (Å²) in [4.78, 5) is 28.3. The minimum absolute atomic E-state index is 0.131. The third-order valence-electron chi connectivity index (χ3n) is 4.43. The highest BCUT2D eigenvalue weighted by atomic mass is 16.2. The maximum atomic E-state index is 12.2. The molecule has 0 unspecified atom stereocenters. The molecule has 0 radical (unpaired) electrons. The van der Waals surface area contributed by atoms with Crippen LogP contribution >= 0.6 is 0 Å². The van der Waals surface area contributed by atoms with E-state index in [4.69, 9.17) is 0 Å². The number of benzene rings is 1. The van der Waals surface area contributed by atoms with Gasteiger partial charge >= 0.3 is 0 Å². The second-order valence-corrected chi connectivity index (χ2v) is 5.92. The molecule has 2 aliphatic heterocycles. The van der Waals surface area contributed by atoms with Crippen LogP contribution in [-0.4, -0.2) is 47.8 Å². The quantitative estimate of drug-likeness (QED) is 0.616. The van der Waals surface area contributed by atoms with Crippen molar-refractivity contribution in [2.75, 3.05) is 26.2 Å². The zero-order valence-electron chi connectivity index (χ0n) is 14.4. The van der Waals surface area contributed by atoms with Crippen molar-refractivity contribution in [2.24, 2.45) is 0 Å². The van der Waals surface area contributed by atoms with Gasteiger partial charge in [-0.2, -0.15) is 0 Å². The van der Waals surface area contributed by atoms with E-state index < -0.39 is 0 Å². The highest BCUT2D eigenvalue weighted by molar-refractivity contribution is 6.21. The number of carbonyl (C=O) groups excluding carboxylic acids is 2. The summed E-state index contributed by atoms with van der Waals surface area (Å²) in [6.07, 6.45) is 5.90. The number of rotatable bonds is 5. The number of hydrogen-bond acceptors (Lipinski definition) is 3. The van der Waals surface area contributed by atoms with Crippen molar-refractivity contribution in [3.8, 4) is 0 Å². The number of carbonyl (C=O) groups is 2. The summed E-state index contributed by atoms with van der Waals surface area (Å²) in [6.45, 7) is 8.03. The Hall–Kier alpha value is -1.68. The molecule has 0 atom stereocenters. The van der Waals surface area contributed by atoms with Gasteiger partial charge in [-0.1, -0.05) is 32.4 Å². The number of fused-ring (bicyclic) bond motifs is 1. The first-order valence-corrected chi connectivity index (χ1v) is 8.95. The van der Waals surface area contributed by atoms with E-state index in [0.29, 0.717) is 17.7 Å². The van der Waals surface area contributed by atoms with Gasteiger partial charge in [-0.3, -0.25) is 14.5 Å². The summed E-state index contributed by atoms with van der Waals surface area (Å²) in [5, 5.41) is 0. The van der Waals surface area contributed by atoms with Crippen LogP contribution in [0.1, 0.15) is 66.7 Å². The zero-order valence-corrected chi connectivity index (χ0v) is 14.4. The first-order chi connectivity index (χ1) is 11.3. The third kappa shape index (κ3) is 4.20. The first kappa shape index (κ1) is 17.7. The van der Waals surface area contributed by atoms with E-state index in [0.717, 1.165) is 19.4 Å². The molecule has 0 aliphatic carbocycles. The molecule has 1 aromatic rings. The zero-order chi connectivity index (χ0) is 16.7. The number of likely N-dealkylation sites (tertiary alicyclic amines) is 1. The molecule has 126 valence electrons. The number of hydrogen-bond donors (Lipinski definition) is 0. The van der Waals surface area contributed by atoms with Gasteiger partial charge in [0.2, 0.25) is 0 Å². The number of imide groups is 1. The van der Waals surface area contributed by atoms with Crippen LogP contribution in [0.4, 0.5) is 0 Å². The van der Waals surface area contributed by atoms with Crippen LogP contribution in [0.15, 0.2) is 24.3 Å². The smallest absolute Gasteiger partial charge is 0.261 e. The van der Waals surface area contributed by atoms with Crippen molar-refractivity contribution in [1.82, 2.24) is 9.80 Å². The summed E-state index contributed by atoms with van der Waals surface area (Å²) in [5.41, 5.74) is 1.11. The number of unbranched alkanes of at least 4 members (excludes halogenated alkanes) is 1. The van der Waals surface area contributed by atoms with E-state index in [2.05, 4.69) is 4.90 Å². The van der Waals surface area contributed by atoms with E-state index in [-0.39, 0.29) is 11.8 Å². The van der Waals surface area contributed by atoms with Gasteiger partial charge in [-0.05, 0) is 57.5 Å². The monoisotopic (exact) mass is 316 g/mol. The van der Waals surface area contributed by atoms with Crippen LogP contribution in [-0.2, 0) is 0 Å². The molecule has 2 amide bonds. The van der Waals surface area contributed by atoms with Crippen molar-refractivity contribution >= 4 is 11.8 Å². The highest BCUT2D eigenvalue weighted by Crippen LogP contribution is 2.22.